The lowest BCUT2D eigenvalue weighted by Gasteiger charge is -2.03. The largest absolute Gasteiger partial charge is 0.469 e. The first-order chi connectivity index (χ1) is 11.2. The summed E-state index contributed by atoms with van der Waals surface area (Å²) in [4.78, 5) is 22.8. The topological polar surface area (TPSA) is 56.5 Å². The summed E-state index contributed by atoms with van der Waals surface area (Å²) in [5.41, 5.74) is -0.0774. The Bertz CT molecular complexity index is 581. The van der Waals surface area contributed by atoms with Gasteiger partial charge in [0.25, 0.3) is 0 Å². The van der Waals surface area contributed by atoms with Gasteiger partial charge in [-0.2, -0.15) is 0 Å². The Morgan fingerprint density at radius 2 is 1.83 bits per heavy atom. The zero-order chi connectivity index (χ0) is 16.9. The van der Waals surface area contributed by atoms with Crippen LogP contribution >= 0.6 is 0 Å². The molecule has 0 saturated carbocycles. The maximum absolute atomic E-state index is 11.7. The maximum atomic E-state index is 11.7. The van der Waals surface area contributed by atoms with Gasteiger partial charge in [-0.3, -0.25) is 9.59 Å². The highest BCUT2D eigenvalue weighted by atomic mass is 16.5. The van der Waals surface area contributed by atoms with Gasteiger partial charge in [0.1, 0.15) is 11.5 Å². The first-order valence-corrected chi connectivity index (χ1v) is 8.15. The zero-order valence-electron chi connectivity index (χ0n) is 14.0. The number of carbonyl (C=O) groups is 1. The molecule has 0 radical (unpaired) electrons. The van der Waals surface area contributed by atoms with Crippen molar-refractivity contribution in [3.63, 3.8) is 0 Å². The molecule has 1 heterocycles. The molecular formula is C19H26O4. The van der Waals surface area contributed by atoms with Crippen molar-refractivity contribution in [2.75, 3.05) is 7.11 Å². The highest BCUT2D eigenvalue weighted by Crippen LogP contribution is 2.09. The number of rotatable bonds is 10. The summed E-state index contributed by atoms with van der Waals surface area (Å²) in [6.07, 6.45) is 13.8. The molecule has 0 aliphatic carbocycles. The molecule has 0 saturated heterocycles. The van der Waals surface area contributed by atoms with E-state index in [0.717, 1.165) is 32.1 Å². The van der Waals surface area contributed by atoms with Crippen molar-refractivity contribution in [2.24, 2.45) is 0 Å². The molecule has 0 aliphatic rings. The Kier molecular flexibility index (Phi) is 9.45. The van der Waals surface area contributed by atoms with Gasteiger partial charge in [0, 0.05) is 25.0 Å². The molecule has 1 aromatic rings. The van der Waals surface area contributed by atoms with E-state index >= 15 is 0 Å². The van der Waals surface area contributed by atoms with Gasteiger partial charge in [0.05, 0.1) is 13.5 Å². The molecule has 23 heavy (non-hydrogen) atoms. The minimum atomic E-state index is -0.305. The Balaban J connectivity index is 2.41. The summed E-state index contributed by atoms with van der Waals surface area (Å²) in [5.74, 6) is 0.912. The van der Waals surface area contributed by atoms with Crippen LogP contribution in [0.25, 0.3) is 0 Å². The number of allylic oxidation sites excluding steroid dienone is 4. The van der Waals surface area contributed by atoms with Crippen LogP contribution in [0, 0.1) is 0 Å². The van der Waals surface area contributed by atoms with E-state index < -0.39 is 0 Å². The quantitative estimate of drug-likeness (QED) is 0.372. The standard InChI is InChI=1S/C19H26O4/c1-3-4-5-6-7-8-9-10-11-17-14-16(20)15-18(23-17)12-13-19(21)22-2/h4-5,7-8,14-15H,3,6,9-13H2,1-2H3. The Hall–Kier alpha value is -2.10. The number of unbranched alkanes of at least 4 members (excludes halogenated alkanes) is 1. The average Bonchev–Trinajstić information content (AvgIpc) is 2.54. The van der Waals surface area contributed by atoms with Gasteiger partial charge in [-0.25, -0.2) is 0 Å². The fourth-order valence-electron chi connectivity index (χ4n) is 2.11. The fraction of sp³-hybridized carbons (Fsp3) is 0.474. The van der Waals surface area contributed by atoms with E-state index in [4.69, 9.17) is 4.42 Å². The summed E-state index contributed by atoms with van der Waals surface area (Å²) in [6.45, 7) is 2.12. The van der Waals surface area contributed by atoms with Gasteiger partial charge in [-0.15, -0.1) is 0 Å². The van der Waals surface area contributed by atoms with E-state index in [9.17, 15) is 9.59 Å². The third kappa shape index (κ3) is 8.81. The Morgan fingerprint density at radius 3 is 2.52 bits per heavy atom. The van der Waals surface area contributed by atoms with Crippen LogP contribution in [-0.2, 0) is 22.4 Å². The summed E-state index contributed by atoms with van der Waals surface area (Å²) < 4.78 is 10.3. The summed E-state index contributed by atoms with van der Waals surface area (Å²) in [6, 6.07) is 2.96. The van der Waals surface area contributed by atoms with Gasteiger partial charge in [-0.1, -0.05) is 31.2 Å². The first kappa shape index (κ1) is 18.9. The van der Waals surface area contributed by atoms with E-state index in [2.05, 4.69) is 36.0 Å². The van der Waals surface area contributed by atoms with E-state index in [1.54, 1.807) is 0 Å². The van der Waals surface area contributed by atoms with Crippen LogP contribution in [0.4, 0.5) is 0 Å². The fourth-order valence-corrected chi connectivity index (χ4v) is 2.11. The van der Waals surface area contributed by atoms with Crippen LogP contribution in [0.2, 0.25) is 0 Å². The predicted molar refractivity (Wildman–Crippen MR) is 91.4 cm³/mol. The van der Waals surface area contributed by atoms with Gasteiger partial charge >= 0.3 is 5.97 Å². The second-order valence-electron chi connectivity index (χ2n) is 5.28. The number of hydrogen-bond acceptors (Lipinski definition) is 4. The number of esters is 1. The lowest BCUT2D eigenvalue weighted by Crippen LogP contribution is -2.06. The van der Waals surface area contributed by atoms with Crippen LogP contribution in [0.3, 0.4) is 0 Å². The number of carbonyl (C=O) groups excluding carboxylic acids is 1. The second kappa shape index (κ2) is 11.5. The maximum Gasteiger partial charge on any atom is 0.305 e. The Labute approximate surface area is 137 Å². The van der Waals surface area contributed by atoms with Crippen molar-refractivity contribution in [3.05, 3.63) is 58.2 Å². The van der Waals surface area contributed by atoms with E-state index in [0.29, 0.717) is 17.9 Å². The third-order valence-corrected chi connectivity index (χ3v) is 3.31. The van der Waals surface area contributed by atoms with Crippen molar-refractivity contribution in [3.8, 4) is 0 Å². The van der Waals surface area contributed by atoms with E-state index in [-0.39, 0.29) is 17.8 Å². The molecule has 4 heteroatoms. The summed E-state index contributed by atoms with van der Waals surface area (Å²) in [7, 11) is 1.35. The normalized spacial score (nSPS) is 11.4. The SMILES string of the molecule is CCC=CCC=CCCCc1cc(=O)cc(CCC(=O)OC)o1. The van der Waals surface area contributed by atoms with Crippen molar-refractivity contribution >= 4 is 5.97 Å². The summed E-state index contributed by atoms with van der Waals surface area (Å²) >= 11 is 0. The van der Waals surface area contributed by atoms with Crippen molar-refractivity contribution in [1.82, 2.24) is 0 Å². The number of methoxy groups -OCH3 is 1. The monoisotopic (exact) mass is 318 g/mol. The molecule has 0 atom stereocenters. The highest BCUT2D eigenvalue weighted by molar-refractivity contribution is 5.69. The molecule has 126 valence electrons. The van der Waals surface area contributed by atoms with Crippen molar-refractivity contribution < 1.29 is 13.9 Å². The molecule has 0 aliphatic heterocycles. The molecular weight excluding hydrogens is 292 g/mol. The second-order valence-corrected chi connectivity index (χ2v) is 5.28. The zero-order valence-corrected chi connectivity index (χ0v) is 14.0. The number of ether oxygens (including phenoxy) is 1. The minimum Gasteiger partial charge on any atom is -0.469 e. The smallest absolute Gasteiger partial charge is 0.305 e. The lowest BCUT2D eigenvalue weighted by atomic mass is 10.1. The predicted octanol–water partition coefficient (Wildman–Crippen LogP) is 3.98. The minimum absolute atomic E-state index is 0.0774. The molecule has 0 unspecified atom stereocenters. The lowest BCUT2D eigenvalue weighted by molar-refractivity contribution is -0.140. The third-order valence-electron chi connectivity index (χ3n) is 3.31. The van der Waals surface area contributed by atoms with E-state index in [1.165, 1.54) is 19.2 Å². The molecule has 1 aromatic heterocycles. The van der Waals surface area contributed by atoms with Crippen molar-refractivity contribution in [1.29, 1.82) is 0 Å². The molecule has 0 fully saturated rings. The van der Waals surface area contributed by atoms with E-state index in [1.807, 2.05) is 0 Å². The molecule has 0 N–H and O–H groups in total. The van der Waals surface area contributed by atoms with Gasteiger partial charge < -0.3 is 9.15 Å². The van der Waals surface area contributed by atoms with Crippen LogP contribution in [0.15, 0.2) is 45.6 Å². The van der Waals surface area contributed by atoms with Crippen LogP contribution in [0.1, 0.15) is 50.5 Å². The van der Waals surface area contributed by atoms with Gasteiger partial charge in [-0.05, 0) is 25.7 Å². The van der Waals surface area contributed by atoms with Crippen LogP contribution in [-0.4, -0.2) is 13.1 Å². The van der Waals surface area contributed by atoms with Crippen LogP contribution < -0.4 is 5.43 Å². The molecule has 4 nitrogen and oxygen atoms in total. The van der Waals surface area contributed by atoms with Gasteiger partial charge in [0.2, 0.25) is 0 Å². The molecule has 0 amide bonds. The molecule has 1 rings (SSSR count). The Morgan fingerprint density at radius 1 is 1.13 bits per heavy atom. The molecule has 0 aromatic carbocycles. The highest BCUT2D eigenvalue weighted by Gasteiger charge is 2.06. The molecule has 0 spiro atoms. The average molecular weight is 318 g/mol. The molecule has 0 bridgehead atoms. The van der Waals surface area contributed by atoms with Crippen LogP contribution in [0.5, 0.6) is 0 Å². The van der Waals surface area contributed by atoms with Crippen molar-refractivity contribution in [2.45, 2.75) is 51.9 Å². The number of aryl methyl sites for hydroxylation is 2. The number of hydrogen-bond donors (Lipinski definition) is 0. The summed E-state index contributed by atoms with van der Waals surface area (Å²) in [5, 5.41) is 0. The first-order valence-electron chi connectivity index (χ1n) is 8.15. The van der Waals surface area contributed by atoms with Gasteiger partial charge in [0.15, 0.2) is 5.43 Å².